The van der Waals surface area contributed by atoms with Crippen LogP contribution in [0.25, 0.3) is 6.20 Å². The van der Waals surface area contributed by atoms with Gasteiger partial charge in [-0.05, 0) is 73.0 Å². The minimum absolute atomic E-state index is 0.105. The summed E-state index contributed by atoms with van der Waals surface area (Å²) in [4.78, 5) is 17.5. The molecule has 35 heavy (non-hydrogen) atoms. The van der Waals surface area contributed by atoms with Gasteiger partial charge in [-0.1, -0.05) is 10.9 Å². The second kappa shape index (κ2) is 8.33. The molecule has 11 heteroatoms. The molecule has 0 spiro atoms. The second-order valence-corrected chi connectivity index (χ2v) is 9.30. The minimum Gasteiger partial charge on any atom is -0.391 e. The Morgan fingerprint density at radius 1 is 1.17 bits per heavy atom. The molecule has 0 fully saturated rings. The zero-order chi connectivity index (χ0) is 24.1. The lowest BCUT2D eigenvalue weighted by molar-refractivity contribution is -0.820. The molecule has 178 valence electrons. The first kappa shape index (κ1) is 21.5. The Balaban J connectivity index is 1.57. The summed E-state index contributed by atoms with van der Waals surface area (Å²) in [7, 11) is 1.87. The Hall–Kier alpha value is -4.02. The highest BCUT2D eigenvalue weighted by molar-refractivity contribution is 6.18. The SMILES string of the molecule is CN/C(C)=C1\C(=O)c2c(cc(C)c3c2CCC/C3=N\n2cnnc2)C1C1=Cn2nnn[n+]2CCC1. The molecule has 2 aliphatic carbocycles. The number of hydrogen-bond acceptors (Lipinski definition) is 8. The molecule has 11 nitrogen and oxygen atoms in total. The van der Waals surface area contributed by atoms with E-state index in [-0.39, 0.29) is 11.7 Å². The molecule has 1 atom stereocenters. The lowest BCUT2D eigenvalue weighted by atomic mass is 9.80. The fourth-order valence-corrected chi connectivity index (χ4v) is 5.72. The second-order valence-electron chi connectivity index (χ2n) is 9.30. The summed E-state index contributed by atoms with van der Waals surface area (Å²) < 4.78 is 1.63. The number of carbonyl (C=O) groups excluding carboxylic acids is 1. The Kier molecular flexibility index (Phi) is 5.12. The van der Waals surface area contributed by atoms with Crippen molar-refractivity contribution in [3.05, 3.63) is 63.4 Å². The predicted molar refractivity (Wildman–Crippen MR) is 126 cm³/mol. The van der Waals surface area contributed by atoms with Gasteiger partial charge in [0.25, 0.3) is 0 Å². The van der Waals surface area contributed by atoms with Gasteiger partial charge in [0, 0.05) is 35.4 Å². The Morgan fingerprint density at radius 3 is 2.80 bits per heavy atom. The molecular weight excluding hydrogens is 444 g/mol. The van der Waals surface area contributed by atoms with Gasteiger partial charge >= 0.3 is 0 Å². The quantitative estimate of drug-likeness (QED) is 0.455. The van der Waals surface area contributed by atoms with Crippen molar-refractivity contribution in [2.75, 3.05) is 7.05 Å². The van der Waals surface area contributed by atoms with E-state index in [1.165, 1.54) is 0 Å². The van der Waals surface area contributed by atoms with E-state index in [1.807, 2.05) is 20.2 Å². The van der Waals surface area contributed by atoms with E-state index >= 15 is 0 Å². The van der Waals surface area contributed by atoms with Gasteiger partial charge in [0.2, 0.25) is 10.4 Å². The summed E-state index contributed by atoms with van der Waals surface area (Å²) in [6, 6.07) is 2.19. The zero-order valence-electron chi connectivity index (χ0n) is 20.1. The maximum Gasteiger partial charge on any atom is 0.231 e. The van der Waals surface area contributed by atoms with Gasteiger partial charge in [-0.25, -0.2) is 4.68 Å². The van der Waals surface area contributed by atoms with E-state index < -0.39 is 0 Å². The predicted octanol–water partition coefficient (Wildman–Crippen LogP) is 1.56. The standard InChI is InChI=1S/C24H26N10O/c1-14-10-18-22(16-6-5-9-33-30-29-31-34(33)11-16)21(15(2)25-3)24(35)23(18)17-7-4-8-19(20(14)17)28-32-12-26-27-13-32/h10-13,22H,4-9H2,1-3H3/p+1/b28-19+. The van der Waals surface area contributed by atoms with E-state index in [4.69, 9.17) is 5.10 Å². The van der Waals surface area contributed by atoms with Gasteiger partial charge in [0.15, 0.2) is 5.78 Å². The van der Waals surface area contributed by atoms with Gasteiger partial charge in [0.1, 0.15) is 24.4 Å². The van der Waals surface area contributed by atoms with Crippen molar-refractivity contribution >= 4 is 17.7 Å². The number of nitrogens with one attached hydrogen (secondary N) is 1. The molecule has 1 unspecified atom stereocenters. The third-order valence-electron chi connectivity index (χ3n) is 7.27. The summed E-state index contributed by atoms with van der Waals surface area (Å²) in [6.07, 6.45) is 9.59. The Bertz CT molecular complexity index is 1430. The Morgan fingerprint density at radius 2 is 2.00 bits per heavy atom. The number of allylic oxidation sites excluding steroid dienone is 3. The average molecular weight is 472 g/mol. The molecule has 3 aliphatic rings. The molecule has 0 saturated carbocycles. The number of fused-ring (bicyclic) bond motifs is 4. The molecule has 0 amide bonds. The number of Topliss-reactive ketones (excluding diaryl/α,β-unsaturated/α-hetero) is 1. The summed E-state index contributed by atoms with van der Waals surface area (Å²) in [6.45, 7) is 4.84. The number of ketones is 1. The smallest absolute Gasteiger partial charge is 0.231 e. The summed E-state index contributed by atoms with van der Waals surface area (Å²) in [5, 5.41) is 27.8. The number of carbonyl (C=O) groups is 1. The van der Waals surface area contributed by atoms with Crippen LogP contribution >= 0.6 is 0 Å². The zero-order valence-corrected chi connectivity index (χ0v) is 20.1. The lowest BCUT2D eigenvalue weighted by Crippen LogP contribution is -2.43. The number of benzene rings is 1. The van der Waals surface area contributed by atoms with E-state index in [0.717, 1.165) is 89.0 Å². The lowest BCUT2D eigenvalue weighted by Gasteiger charge is -2.24. The molecule has 0 saturated heterocycles. The molecule has 3 heterocycles. The summed E-state index contributed by atoms with van der Waals surface area (Å²) in [5.41, 5.74) is 9.08. The van der Waals surface area contributed by atoms with E-state index in [0.29, 0.717) is 0 Å². The van der Waals surface area contributed by atoms with Gasteiger partial charge in [-0.2, -0.15) is 5.10 Å². The van der Waals surface area contributed by atoms with Crippen LogP contribution in [0.1, 0.15) is 71.1 Å². The van der Waals surface area contributed by atoms with Crippen molar-refractivity contribution in [3.8, 4) is 0 Å². The summed E-state index contributed by atoms with van der Waals surface area (Å²) >= 11 is 0. The van der Waals surface area contributed by atoms with Crippen LogP contribution in [0.4, 0.5) is 0 Å². The van der Waals surface area contributed by atoms with Crippen LogP contribution in [-0.4, -0.2) is 53.9 Å². The van der Waals surface area contributed by atoms with E-state index in [2.05, 4.69) is 44.1 Å². The van der Waals surface area contributed by atoms with Crippen LogP contribution < -0.4 is 10.1 Å². The number of hydrogen-bond donors (Lipinski definition) is 1. The topological polar surface area (TPSA) is 120 Å². The molecule has 6 rings (SSSR count). The number of rotatable bonds is 3. The first-order valence-corrected chi connectivity index (χ1v) is 12.0. The van der Waals surface area contributed by atoms with Gasteiger partial charge in [0.05, 0.1) is 11.9 Å². The molecule has 1 N–H and O–H groups in total. The monoisotopic (exact) mass is 471 g/mol. The van der Waals surface area contributed by atoms with Gasteiger partial charge in [-0.3, -0.25) is 4.79 Å². The van der Waals surface area contributed by atoms with Crippen molar-refractivity contribution in [3.63, 3.8) is 0 Å². The maximum absolute atomic E-state index is 14.1. The average Bonchev–Trinajstić information content (AvgIpc) is 3.56. The molecule has 0 radical (unpaired) electrons. The third kappa shape index (κ3) is 3.41. The van der Waals surface area contributed by atoms with Crippen LogP contribution in [0.5, 0.6) is 0 Å². The van der Waals surface area contributed by atoms with Gasteiger partial charge < -0.3 is 5.32 Å². The number of aromatic nitrogens is 8. The highest BCUT2D eigenvalue weighted by Crippen LogP contribution is 2.48. The number of nitrogens with zero attached hydrogens (tertiary/aromatic N) is 9. The van der Waals surface area contributed by atoms with Crippen LogP contribution in [-0.2, 0) is 13.0 Å². The highest BCUT2D eigenvalue weighted by Gasteiger charge is 2.42. The van der Waals surface area contributed by atoms with Gasteiger partial charge in [-0.15, -0.1) is 10.2 Å². The fraction of sp³-hybridized carbons (Fsp3) is 0.417. The van der Waals surface area contributed by atoms with Crippen molar-refractivity contribution < 1.29 is 9.59 Å². The fourth-order valence-electron chi connectivity index (χ4n) is 5.72. The molecular formula is C24H27N10O+. The van der Waals surface area contributed by atoms with Crippen molar-refractivity contribution in [2.45, 2.75) is 58.4 Å². The molecule has 2 aromatic heterocycles. The van der Waals surface area contributed by atoms with Crippen LogP contribution in [0, 0.1) is 6.92 Å². The van der Waals surface area contributed by atoms with E-state index in [9.17, 15) is 4.79 Å². The van der Waals surface area contributed by atoms with Crippen LogP contribution in [0.2, 0.25) is 0 Å². The largest absolute Gasteiger partial charge is 0.391 e. The maximum atomic E-state index is 14.1. The minimum atomic E-state index is -0.134. The first-order chi connectivity index (χ1) is 17.1. The molecule has 1 aliphatic heterocycles. The van der Waals surface area contributed by atoms with Crippen LogP contribution in [0.3, 0.4) is 0 Å². The van der Waals surface area contributed by atoms with Crippen molar-refractivity contribution in [1.29, 1.82) is 0 Å². The third-order valence-corrected chi connectivity index (χ3v) is 7.27. The van der Waals surface area contributed by atoms with Crippen molar-refractivity contribution in [1.82, 2.24) is 40.6 Å². The normalized spacial score (nSPS) is 21.8. The highest BCUT2D eigenvalue weighted by atomic mass is 16.1. The first-order valence-electron chi connectivity index (χ1n) is 12.0. The van der Waals surface area contributed by atoms with E-state index in [1.54, 1.807) is 26.9 Å². The van der Waals surface area contributed by atoms with Crippen molar-refractivity contribution in [2.24, 2.45) is 5.10 Å². The van der Waals surface area contributed by atoms with Crippen LogP contribution in [0.15, 0.2) is 40.7 Å². The molecule has 0 bridgehead atoms. The number of aryl methyl sites for hydroxylation is 2. The summed E-state index contributed by atoms with van der Waals surface area (Å²) in [5.74, 6) is -0.0294. The molecule has 1 aromatic carbocycles. The molecule has 3 aromatic rings. The Labute approximate surface area is 202 Å².